The van der Waals surface area contributed by atoms with E-state index in [1.54, 1.807) is 0 Å². The summed E-state index contributed by atoms with van der Waals surface area (Å²) in [6.07, 6.45) is 8.78. The van der Waals surface area contributed by atoms with Gasteiger partial charge in [0.1, 0.15) is 0 Å². The highest BCUT2D eigenvalue weighted by molar-refractivity contribution is 5.12. The van der Waals surface area contributed by atoms with Gasteiger partial charge in [-0.15, -0.1) is 0 Å². The smallest absolute Gasteiger partial charge is 0.0207 e. The van der Waals surface area contributed by atoms with Crippen LogP contribution in [0.4, 0.5) is 0 Å². The third-order valence-corrected chi connectivity index (χ3v) is 4.04. The topological polar surface area (TPSA) is 0 Å². The van der Waals surface area contributed by atoms with Gasteiger partial charge in [-0.2, -0.15) is 0 Å². The molecule has 1 radical (unpaired) electrons. The van der Waals surface area contributed by atoms with E-state index in [0.29, 0.717) is 0 Å². The number of hydrogen-bond acceptors (Lipinski definition) is 0. The lowest BCUT2D eigenvalue weighted by Crippen LogP contribution is -2.42. The van der Waals surface area contributed by atoms with Crippen molar-refractivity contribution in [2.24, 2.45) is 11.3 Å². The molecule has 0 bridgehead atoms. The van der Waals surface area contributed by atoms with Crippen LogP contribution in [-0.4, -0.2) is 0 Å². The van der Waals surface area contributed by atoms with Crippen LogP contribution in [0.5, 0.6) is 0 Å². The van der Waals surface area contributed by atoms with Gasteiger partial charge in [-0.1, -0.05) is 20.3 Å². The predicted octanol–water partition coefficient (Wildman–Crippen LogP) is 3.57. The number of hydrogen-bond donors (Lipinski definition) is 0. The van der Waals surface area contributed by atoms with Gasteiger partial charge in [-0.3, -0.25) is 0 Å². The Balaban J connectivity index is 1.94. The van der Waals surface area contributed by atoms with E-state index in [2.05, 4.69) is 13.8 Å². The van der Waals surface area contributed by atoms with E-state index in [1.807, 2.05) is 5.92 Å². The van der Waals surface area contributed by atoms with Crippen molar-refractivity contribution in [3.8, 4) is 0 Å². The van der Waals surface area contributed by atoms with Crippen molar-refractivity contribution in [2.75, 3.05) is 0 Å². The highest BCUT2D eigenvalue weighted by atomic mass is 14.5. The largest absolute Gasteiger partial charge is 0.0648 e. The molecule has 63 valence electrons. The summed E-state index contributed by atoms with van der Waals surface area (Å²) < 4.78 is 0. The van der Waals surface area contributed by atoms with Crippen LogP contribution in [0.1, 0.15) is 52.4 Å². The molecule has 1 atom stereocenters. The molecule has 2 fully saturated rings. The fourth-order valence-corrected chi connectivity index (χ4v) is 2.84. The van der Waals surface area contributed by atoms with Gasteiger partial charge in [0.15, 0.2) is 0 Å². The summed E-state index contributed by atoms with van der Waals surface area (Å²) in [6.45, 7) is 4.82. The maximum Gasteiger partial charge on any atom is -0.0207 e. The zero-order chi connectivity index (χ0) is 7.90. The summed E-state index contributed by atoms with van der Waals surface area (Å²) in [7, 11) is 0. The molecule has 0 spiro atoms. The molecule has 1 unspecified atom stereocenters. The first kappa shape index (κ1) is 7.64. The second-order valence-electron chi connectivity index (χ2n) is 4.61. The minimum absolute atomic E-state index is 0.754. The van der Waals surface area contributed by atoms with Crippen molar-refractivity contribution in [3.05, 3.63) is 5.92 Å². The molecule has 2 aliphatic rings. The molecule has 0 aromatic carbocycles. The van der Waals surface area contributed by atoms with Crippen molar-refractivity contribution >= 4 is 0 Å². The van der Waals surface area contributed by atoms with Crippen molar-refractivity contribution in [1.82, 2.24) is 0 Å². The van der Waals surface area contributed by atoms with Crippen LogP contribution in [0.25, 0.3) is 0 Å². The van der Waals surface area contributed by atoms with E-state index >= 15 is 0 Å². The van der Waals surface area contributed by atoms with E-state index in [0.717, 1.165) is 11.3 Å². The Morgan fingerprint density at radius 1 is 1.45 bits per heavy atom. The summed E-state index contributed by atoms with van der Waals surface area (Å²) in [6, 6.07) is 0. The third-order valence-electron chi connectivity index (χ3n) is 4.04. The SMILES string of the molecule is CC[C]1CCC1C1(C)CCC1. The van der Waals surface area contributed by atoms with Crippen LogP contribution >= 0.6 is 0 Å². The standard InChI is InChI=1S/C11H19/c1-3-9-5-6-10(9)11(2)7-4-8-11/h10H,3-8H2,1-2H3. The molecule has 0 amide bonds. The Morgan fingerprint density at radius 3 is 2.45 bits per heavy atom. The number of rotatable bonds is 2. The van der Waals surface area contributed by atoms with Gasteiger partial charge in [0.25, 0.3) is 0 Å². The molecule has 0 aromatic rings. The second kappa shape index (κ2) is 2.50. The Bertz CT molecular complexity index is 142. The molecule has 2 aliphatic carbocycles. The fourth-order valence-electron chi connectivity index (χ4n) is 2.84. The Hall–Kier alpha value is 0. The van der Waals surface area contributed by atoms with E-state index in [9.17, 15) is 0 Å². The molecule has 11 heavy (non-hydrogen) atoms. The van der Waals surface area contributed by atoms with Gasteiger partial charge in [0, 0.05) is 0 Å². The predicted molar refractivity (Wildman–Crippen MR) is 48.2 cm³/mol. The maximum atomic E-state index is 2.50. The average molecular weight is 151 g/mol. The van der Waals surface area contributed by atoms with Crippen molar-refractivity contribution in [3.63, 3.8) is 0 Å². The first-order valence-corrected chi connectivity index (χ1v) is 5.11. The molecule has 2 rings (SSSR count). The van der Waals surface area contributed by atoms with Gasteiger partial charge in [0.2, 0.25) is 0 Å². The van der Waals surface area contributed by atoms with Crippen LogP contribution < -0.4 is 0 Å². The zero-order valence-corrected chi connectivity index (χ0v) is 7.82. The van der Waals surface area contributed by atoms with Crippen molar-refractivity contribution in [1.29, 1.82) is 0 Å². The Kier molecular flexibility index (Phi) is 1.74. The minimum Gasteiger partial charge on any atom is -0.0648 e. The quantitative estimate of drug-likeness (QED) is 0.566. The lowest BCUT2D eigenvalue weighted by atomic mass is 9.52. The van der Waals surface area contributed by atoms with Gasteiger partial charge in [-0.05, 0) is 49.4 Å². The molecule has 0 nitrogen and oxygen atoms in total. The highest BCUT2D eigenvalue weighted by Crippen LogP contribution is 2.58. The Morgan fingerprint density at radius 2 is 2.18 bits per heavy atom. The first-order valence-electron chi connectivity index (χ1n) is 5.11. The molecule has 0 aromatic heterocycles. The van der Waals surface area contributed by atoms with E-state index in [1.165, 1.54) is 38.5 Å². The van der Waals surface area contributed by atoms with Gasteiger partial charge in [0.05, 0.1) is 0 Å². The van der Waals surface area contributed by atoms with Crippen LogP contribution in [0.15, 0.2) is 0 Å². The fraction of sp³-hybridized carbons (Fsp3) is 0.909. The van der Waals surface area contributed by atoms with Crippen LogP contribution in [0.3, 0.4) is 0 Å². The van der Waals surface area contributed by atoms with E-state index < -0.39 is 0 Å². The normalized spacial score (nSPS) is 36.0. The minimum atomic E-state index is 0.754. The molecule has 0 heterocycles. The highest BCUT2D eigenvalue weighted by Gasteiger charge is 2.46. The molecular formula is C11H19. The van der Waals surface area contributed by atoms with Crippen molar-refractivity contribution in [2.45, 2.75) is 52.4 Å². The summed E-state index contributed by atoms with van der Waals surface area (Å²) in [4.78, 5) is 0. The summed E-state index contributed by atoms with van der Waals surface area (Å²) in [5, 5.41) is 0. The second-order valence-corrected chi connectivity index (χ2v) is 4.61. The van der Waals surface area contributed by atoms with Gasteiger partial charge in [-0.25, -0.2) is 0 Å². The molecule has 2 saturated carbocycles. The Labute approximate surface area is 70.4 Å². The molecular weight excluding hydrogens is 132 g/mol. The molecule has 0 heteroatoms. The summed E-state index contributed by atoms with van der Waals surface area (Å²) >= 11 is 0. The molecule has 0 aliphatic heterocycles. The first-order chi connectivity index (χ1) is 5.26. The van der Waals surface area contributed by atoms with Crippen LogP contribution in [0, 0.1) is 17.3 Å². The average Bonchev–Trinajstić information content (AvgIpc) is 1.83. The monoisotopic (exact) mass is 151 g/mol. The lowest BCUT2D eigenvalue weighted by Gasteiger charge is -2.53. The summed E-state index contributed by atoms with van der Waals surface area (Å²) in [5.74, 6) is 2.90. The van der Waals surface area contributed by atoms with Crippen molar-refractivity contribution < 1.29 is 0 Å². The van der Waals surface area contributed by atoms with Gasteiger partial charge >= 0.3 is 0 Å². The van der Waals surface area contributed by atoms with Crippen LogP contribution in [-0.2, 0) is 0 Å². The third kappa shape index (κ3) is 1.02. The van der Waals surface area contributed by atoms with Gasteiger partial charge < -0.3 is 0 Å². The van der Waals surface area contributed by atoms with E-state index in [4.69, 9.17) is 0 Å². The van der Waals surface area contributed by atoms with Crippen LogP contribution in [0.2, 0.25) is 0 Å². The lowest BCUT2D eigenvalue weighted by molar-refractivity contribution is 0.0369. The zero-order valence-electron chi connectivity index (χ0n) is 7.82. The maximum absolute atomic E-state index is 2.50. The summed E-state index contributed by atoms with van der Waals surface area (Å²) in [5.41, 5.74) is 0.754. The molecule has 0 saturated heterocycles. The molecule has 0 N–H and O–H groups in total. The van der Waals surface area contributed by atoms with E-state index in [-0.39, 0.29) is 0 Å².